The molecule has 0 aliphatic heterocycles. The van der Waals surface area contributed by atoms with E-state index in [1.807, 2.05) is 24.3 Å². The zero-order valence-electron chi connectivity index (χ0n) is 10.0. The fourth-order valence-electron chi connectivity index (χ4n) is 1.86. The van der Waals surface area contributed by atoms with Crippen LogP contribution in [0.1, 0.15) is 17.2 Å². The van der Waals surface area contributed by atoms with Crippen molar-refractivity contribution in [1.82, 2.24) is 5.43 Å². The molecule has 1 atom stereocenters. The van der Waals surface area contributed by atoms with Gasteiger partial charge in [0, 0.05) is 4.47 Å². The Morgan fingerprint density at radius 1 is 1.05 bits per heavy atom. The Balaban J connectivity index is 2.19. The van der Waals surface area contributed by atoms with Crippen LogP contribution in [0.5, 0.6) is 0 Å². The van der Waals surface area contributed by atoms with Gasteiger partial charge in [0.2, 0.25) is 0 Å². The first-order valence-corrected chi connectivity index (χ1v) is 6.55. The molecule has 0 saturated carbocycles. The average molecular weight is 327 g/mol. The Morgan fingerprint density at radius 3 is 2.32 bits per heavy atom. The molecule has 0 spiro atoms. The fraction of sp³-hybridized carbons (Fsp3) is 0.143. The Kier molecular flexibility index (Phi) is 4.63. The molecule has 2 aromatic carbocycles. The molecule has 0 aliphatic rings. The molecule has 0 bridgehead atoms. The number of halogens is 3. The second-order valence-corrected chi connectivity index (χ2v) is 5.14. The predicted octanol–water partition coefficient (Wildman–Crippen LogP) is 3.47. The van der Waals surface area contributed by atoms with Crippen molar-refractivity contribution in [3.63, 3.8) is 0 Å². The Hall–Kier alpha value is -1.30. The summed E-state index contributed by atoms with van der Waals surface area (Å²) >= 11 is 3.36. The Morgan fingerprint density at radius 2 is 1.74 bits per heavy atom. The second-order valence-electron chi connectivity index (χ2n) is 4.22. The Labute approximate surface area is 118 Å². The van der Waals surface area contributed by atoms with E-state index in [1.165, 1.54) is 12.1 Å². The molecule has 2 rings (SSSR count). The minimum Gasteiger partial charge on any atom is -0.271 e. The van der Waals surface area contributed by atoms with Crippen LogP contribution in [0.4, 0.5) is 8.78 Å². The smallest absolute Gasteiger partial charge is 0.159 e. The highest BCUT2D eigenvalue weighted by Gasteiger charge is 2.13. The molecule has 3 N–H and O–H groups in total. The summed E-state index contributed by atoms with van der Waals surface area (Å²) in [7, 11) is 0. The first kappa shape index (κ1) is 14.1. The van der Waals surface area contributed by atoms with Gasteiger partial charge in [0.25, 0.3) is 0 Å². The molecule has 5 heteroatoms. The molecule has 1 unspecified atom stereocenters. The molecule has 19 heavy (non-hydrogen) atoms. The average Bonchev–Trinajstić information content (AvgIpc) is 2.41. The summed E-state index contributed by atoms with van der Waals surface area (Å²) in [6.07, 6.45) is 0.592. The van der Waals surface area contributed by atoms with Gasteiger partial charge in [-0.3, -0.25) is 11.3 Å². The van der Waals surface area contributed by atoms with Crippen LogP contribution < -0.4 is 11.3 Å². The van der Waals surface area contributed by atoms with Crippen molar-refractivity contribution in [2.75, 3.05) is 0 Å². The van der Waals surface area contributed by atoms with Crippen LogP contribution in [0.2, 0.25) is 0 Å². The number of rotatable bonds is 4. The quantitative estimate of drug-likeness (QED) is 0.667. The second kappa shape index (κ2) is 6.23. The molecule has 0 aromatic heterocycles. The van der Waals surface area contributed by atoms with Gasteiger partial charge in [0.05, 0.1) is 6.04 Å². The van der Waals surface area contributed by atoms with Gasteiger partial charge in [-0.05, 0) is 41.8 Å². The number of hydrogen-bond donors (Lipinski definition) is 2. The monoisotopic (exact) mass is 326 g/mol. The van der Waals surface area contributed by atoms with Crippen molar-refractivity contribution in [1.29, 1.82) is 0 Å². The first-order valence-electron chi connectivity index (χ1n) is 5.75. The number of hydrogen-bond acceptors (Lipinski definition) is 2. The molecule has 2 aromatic rings. The highest BCUT2D eigenvalue weighted by Crippen LogP contribution is 2.21. The summed E-state index contributed by atoms with van der Waals surface area (Å²) in [6, 6.07) is 11.3. The molecule has 100 valence electrons. The maximum absolute atomic E-state index is 13.2. The van der Waals surface area contributed by atoms with E-state index in [0.717, 1.165) is 16.1 Å². The van der Waals surface area contributed by atoms with Crippen LogP contribution in [-0.2, 0) is 6.42 Å². The van der Waals surface area contributed by atoms with E-state index in [2.05, 4.69) is 21.4 Å². The van der Waals surface area contributed by atoms with E-state index >= 15 is 0 Å². The zero-order valence-corrected chi connectivity index (χ0v) is 11.6. The maximum atomic E-state index is 13.2. The molecule has 0 saturated heterocycles. The molecule has 0 amide bonds. The lowest BCUT2D eigenvalue weighted by molar-refractivity contribution is 0.497. The normalized spacial score (nSPS) is 12.4. The number of nitrogens with one attached hydrogen (secondary N) is 1. The molecular weight excluding hydrogens is 314 g/mol. The summed E-state index contributed by atoms with van der Waals surface area (Å²) in [4.78, 5) is 0. The third-order valence-electron chi connectivity index (χ3n) is 2.90. The topological polar surface area (TPSA) is 38.0 Å². The lowest BCUT2D eigenvalue weighted by atomic mass is 9.99. The van der Waals surface area contributed by atoms with Crippen molar-refractivity contribution in [3.8, 4) is 0 Å². The van der Waals surface area contributed by atoms with E-state index < -0.39 is 11.6 Å². The van der Waals surface area contributed by atoms with Gasteiger partial charge in [-0.25, -0.2) is 8.78 Å². The molecule has 0 radical (unpaired) electrons. The van der Waals surface area contributed by atoms with E-state index in [1.54, 1.807) is 0 Å². The third-order valence-corrected chi connectivity index (χ3v) is 3.43. The van der Waals surface area contributed by atoms with E-state index in [9.17, 15) is 8.78 Å². The lowest BCUT2D eigenvalue weighted by Crippen LogP contribution is -2.29. The van der Waals surface area contributed by atoms with Crippen molar-refractivity contribution < 1.29 is 8.78 Å². The van der Waals surface area contributed by atoms with Crippen LogP contribution in [0.25, 0.3) is 0 Å². The third kappa shape index (κ3) is 3.59. The van der Waals surface area contributed by atoms with Crippen LogP contribution in [-0.4, -0.2) is 0 Å². The van der Waals surface area contributed by atoms with E-state index in [-0.39, 0.29) is 6.04 Å². The van der Waals surface area contributed by atoms with Crippen molar-refractivity contribution in [2.45, 2.75) is 12.5 Å². The summed E-state index contributed by atoms with van der Waals surface area (Å²) in [5, 5.41) is 0. The molecule has 2 nitrogen and oxygen atoms in total. The minimum atomic E-state index is -0.867. The van der Waals surface area contributed by atoms with Gasteiger partial charge >= 0.3 is 0 Å². The molecule has 0 fully saturated rings. The van der Waals surface area contributed by atoms with Gasteiger partial charge in [-0.1, -0.05) is 34.1 Å². The van der Waals surface area contributed by atoms with Crippen molar-refractivity contribution >= 4 is 15.9 Å². The highest BCUT2D eigenvalue weighted by molar-refractivity contribution is 9.10. The summed E-state index contributed by atoms with van der Waals surface area (Å²) in [6.45, 7) is 0. The van der Waals surface area contributed by atoms with E-state index in [4.69, 9.17) is 5.84 Å². The predicted molar refractivity (Wildman–Crippen MR) is 74.3 cm³/mol. The number of hydrazine groups is 1. The SMILES string of the molecule is NNC(Cc1ccc(Br)cc1)c1ccc(F)c(F)c1. The van der Waals surface area contributed by atoms with Gasteiger partial charge in [0.1, 0.15) is 0 Å². The van der Waals surface area contributed by atoms with Gasteiger partial charge < -0.3 is 0 Å². The number of nitrogens with two attached hydrogens (primary N) is 1. The van der Waals surface area contributed by atoms with Crippen LogP contribution >= 0.6 is 15.9 Å². The van der Waals surface area contributed by atoms with Crippen molar-refractivity contribution in [3.05, 3.63) is 69.7 Å². The summed E-state index contributed by atoms with van der Waals surface area (Å²) in [5.41, 5.74) is 4.29. The minimum absolute atomic E-state index is 0.267. The molecule has 0 aliphatic carbocycles. The van der Waals surface area contributed by atoms with Crippen LogP contribution in [0, 0.1) is 11.6 Å². The van der Waals surface area contributed by atoms with Gasteiger partial charge in [-0.15, -0.1) is 0 Å². The largest absolute Gasteiger partial charge is 0.271 e. The summed E-state index contributed by atoms with van der Waals surface area (Å²) < 4.78 is 27.1. The lowest BCUT2D eigenvalue weighted by Gasteiger charge is -2.16. The first-order chi connectivity index (χ1) is 9.10. The van der Waals surface area contributed by atoms with Crippen LogP contribution in [0.15, 0.2) is 46.9 Å². The standard InChI is InChI=1S/C14H13BrF2N2/c15-11-4-1-9(2-5-11)7-14(19-18)10-3-6-12(16)13(17)8-10/h1-6,8,14,19H,7,18H2. The molecular formula is C14H13BrF2N2. The van der Waals surface area contributed by atoms with Gasteiger partial charge in [-0.2, -0.15) is 0 Å². The molecule has 0 heterocycles. The Bertz CT molecular complexity index is 558. The zero-order chi connectivity index (χ0) is 13.8. The van der Waals surface area contributed by atoms with Crippen LogP contribution in [0.3, 0.4) is 0 Å². The van der Waals surface area contributed by atoms with Crippen molar-refractivity contribution in [2.24, 2.45) is 5.84 Å². The fourth-order valence-corrected chi connectivity index (χ4v) is 2.12. The van der Waals surface area contributed by atoms with Gasteiger partial charge in [0.15, 0.2) is 11.6 Å². The summed E-state index contributed by atoms with van der Waals surface area (Å²) in [5.74, 6) is 3.77. The maximum Gasteiger partial charge on any atom is 0.159 e. The number of benzene rings is 2. The highest BCUT2D eigenvalue weighted by atomic mass is 79.9. The van der Waals surface area contributed by atoms with E-state index in [0.29, 0.717) is 12.0 Å².